The summed E-state index contributed by atoms with van der Waals surface area (Å²) in [4.78, 5) is 18.9. The van der Waals surface area contributed by atoms with Gasteiger partial charge in [-0.1, -0.05) is 48.0 Å². The zero-order valence-electron chi connectivity index (χ0n) is 15.8. The average Bonchev–Trinajstić information content (AvgIpc) is 3.41. The van der Waals surface area contributed by atoms with Gasteiger partial charge in [-0.15, -0.1) is 0 Å². The van der Waals surface area contributed by atoms with Crippen LogP contribution in [-0.2, 0) is 15.3 Å². The van der Waals surface area contributed by atoms with Crippen LogP contribution in [0.25, 0.3) is 22.4 Å². The van der Waals surface area contributed by atoms with Crippen molar-refractivity contribution in [3.63, 3.8) is 0 Å². The van der Waals surface area contributed by atoms with E-state index in [2.05, 4.69) is 9.97 Å². The zero-order valence-corrected chi connectivity index (χ0v) is 16.5. The molecular formula is C23H17ClN2O4. The number of ether oxygens (including phenoxy) is 2. The number of aromatic nitrogens is 2. The van der Waals surface area contributed by atoms with Gasteiger partial charge in [-0.2, -0.15) is 0 Å². The van der Waals surface area contributed by atoms with Crippen molar-refractivity contribution in [1.29, 1.82) is 0 Å². The van der Waals surface area contributed by atoms with Gasteiger partial charge in [-0.25, -0.2) is 9.78 Å². The van der Waals surface area contributed by atoms with E-state index in [-0.39, 0.29) is 5.56 Å². The molecule has 1 aliphatic rings. The number of nitrogens with one attached hydrogen (secondary N) is 1. The summed E-state index contributed by atoms with van der Waals surface area (Å²) in [5.74, 6) is -1.31. The first-order valence-corrected chi connectivity index (χ1v) is 9.81. The second kappa shape index (κ2) is 7.25. The second-order valence-corrected chi connectivity index (χ2v) is 7.46. The number of aromatic amines is 1. The van der Waals surface area contributed by atoms with Crippen LogP contribution in [0.2, 0.25) is 5.02 Å². The lowest BCUT2D eigenvalue weighted by atomic mass is 9.96. The van der Waals surface area contributed by atoms with Crippen LogP contribution in [0.3, 0.4) is 0 Å². The number of H-pyrrole nitrogens is 1. The lowest BCUT2D eigenvalue weighted by molar-refractivity contribution is -0.129. The Balaban J connectivity index is 1.52. The number of aromatic carboxylic acids is 1. The minimum Gasteiger partial charge on any atom is -0.478 e. The molecule has 150 valence electrons. The molecule has 0 amide bonds. The smallest absolute Gasteiger partial charge is 0.335 e. The maximum Gasteiger partial charge on any atom is 0.335 e. The van der Waals surface area contributed by atoms with E-state index < -0.39 is 11.8 Å². The predicted octanol–water partition coefficient (Wildman–Crippen LogP) is 4.83. The van der Waals surface area contributed by atoms with Crippen LogP contribution in [0.1, 0.15) is 21.5 Å². The van der Waals surface area contributed by atoms with Crippen molar-refractivity contribution in [2.45, 2.75) is 5.79 Å². The van der Waals surface area contributed by atoms with Crippen LogP contribution in [0.5, 0.6) is 0 Å². The molecule has 0 unspecified atom stereocenters. The number of carboxylic acid groups (broad SMARTS) is 1. The van der Waals surface area contributed by atoms with E-state index in [1.165, 1.54) is 0 Å². The number of benzene rings is 3. The van der Waals surface area contributed by atoms with E-state index in [1.807, 2.05) is 48.5 Å². The van der Waals surface area contributed by atoms with Gasteiger partial charge in [-0.05, 0) is 30.3 Å². The Morgan fingerprint density at radius 2 is 1.77 bits per heavy atom. The van der Waals surface area contributed by atoms with Crippen LogP contribution in [0.4, 0.5) is 0 Å². The van der Waals surface area contributed by atoms with Gasteiger partial charge in [0.1, 0.15) is 5.82 Å². The van der Waals surface area contributed by atoms with Gasteiger partial charge in [0.15, 0.2) is 0 Å². The Hall–Kier alpha value is -3.19. The van der Waals surface area contributed by atoms with Gasteiger partial charge < -0.3 is 19.6 Å². The number of rotatable bonds is 4. The van der Waals surface area contributed by atoms with Crippen LogP contribution < -0.4 is 0 Å². The fraction of sp³-hybridized carbons (Fsp3) is 0.130. The third-order valence-electron chi connectivity index (χ3n) is 5.17. The van der Waals surface area contributed by atoms with Gasteiger partial charge in [0.05, 0.1) is 29.8 Å². The van der Waals surface area contributed by atoms with Crippen LogP contribution >= 0.6 is 11.6 Å². The molecule has 0 spiro atoms. The van der Waals surface area contributed by atoms with E-state index in [1.54, 1.807) is 18.2 Å². The number of carbonyl (C=O) groups is 1. The molecule has 4 aromatic rings. The minimum atomic E-state index is -0.992. The summed E-state index contributed by atoms with van der Waals surface area (Å²) in [5, 5.41) is 9.79. The second-order valence-electron chi connectivity index (χ2n) is 7.02. The summed E-state index contributed by atoms with van der Waals surface area (Å²) in [6, 6.07) is 20.0. The van der Waals surface area contributed by atoms with Crippen molar-refractivity contribution in [2.24, 2.45) is 0 Å². The number of carboxylic acids is 1. The molecule has 0 saturated carbocycles. The van der Waals surface area contributed by atoms with E-state index in [0.717, 1.165) is 16.7 Å². The summed E-state index contributed by atoms with van der Waals surface area (Å²) < 4.78 is 12.1. The lowest BCUT2D eigenvalue weighted by Crippen LogP contribution is -2.28. The molecule has 1 aliphatic heterocycles. The SMILES string of the molecule is O=C(O)c1ccc2nc(-c3ccc(C4(c5cccc(Cl)c5)OCCO4)cc3)[nH]c2c1. The first-order valence-electron chi connectivity index (χ1n) is 9.43. The highest BCUT2D eigenvalue weighted by Crippen LogP contribution is 2.39. The molecule has 3 aromatic carbocycles. The van der Waals surface area contributed by atoms with E-state index >= 15 is 0 Å². The first-order chi connectivity index (χ1) is 14.5. The van der Waals surface area contributed by atoms with Gasteiger partial charge >= 0.3 is 5.97 Å². The molecule has 5 rings (SSSR count). The Morgan fingerprint density at radius 3 is 2.47 bits per heavy atom. The molecule has 0 atom stereocenters. The highest BCUT2D eigenvalue weighted by atomic mass is 35.5. The van der Waals surface area contributed by atoms with Crippen molar-refractivity contribution >= 4 is 28.6 Å². The number of hydrogen-bond donors (Lipinski definition) is 2. The van der Waals surface area contributed by atoms with Gasteiger partial charge in [-0.3, -0.25) is 0 Å². The van der Waals surface area contributed by atoms with Crippen molar-refractivity contribution < 1.29 is 19.4 Å². The van der Waals surface area contributed by atoms with Crippen molar-refractivity contribution in [3.05, 3.63) is 88.4 Å². The van der Waals surface area contributed by atoms with Crippen molar-refractivity contribution in [1.82, 2.24) is 9.97 Å². The summed E-state index contributed by atoms with van der Waals surface area (Å²) >= 11 is 6.19. The normalized spacial score (nSPS) is 15.5. The first kappa shape index (κ1) is 18.8. The van der Waals surface area contributed by atoms with Crippen molar-refractivity contribution in [2.75, 3.05) is 13.2 Å². The Bertz CT molecular complexity index is 1240. The molecule has 2 N–H and O–H groups in total. The zero-order chi connectivity index (χ0) is 20.7. The fourth-order valence-corrected chi connectivity index (χ4v) is 3.92. The number of fused-ring (bicyclic) bond motifs is 1. The number of nitrogens with zero attached hydrogens (tertiary/aromatic N) is 1. The fourth-order valence-electron chi connectivity index (χ4n) is 3.73. The summed E-state index contributed by atoms with van der Waals surface area (Å²) in [6.07, 6.45) is 0. The maximum atomic E-state index is 11.2. The summed E-state index contributed by atoms with van der Waals surface area (Å²) in [6.45, 7) is 0.980. The maximum absolute atomic E-state index is 11.2. The molecule has 2 heterocycles. The Labute approximate surface area is 177 Å². The lowest BCUT2D eigenvalue weighted by Gasteiger charge is -2.28. The number of imidazole rings is 1. The third-order valence-corrected chi connectivity index (χ3v) is 5.40. The number of halogens is 1. The molecule has 0 aliphatic carbocycles. The molecule has 0 radical (unpaired) electrons. The molecule has 7 heteroatoms. The highest BCUT2D eigenvalue weighted by molar-refractivity contribution is 6.30. The van der Waals surface area contributed by atoms with E-state index in [0.29, 0.717) is 35.1 Å². The van der Waals surface area contributed by atoms with E-state index in [4.69, 9.17) is 21.1 Å². The Morgan fingerprint density at radius 1 is 1.00 bits per heavy atom. The minimum absolute atomic E-state index is 0.215. The topological polar surface area (TPSA) is 84.4 Å². The average molecular weight is 421 g/mol. The largest absolute Gasteiger partial charge is 0.478 e. The molecular weight excluding hydrogens is 404 g/mol. The van der Waals surface area contributed by atoms with Crippen LogP contribution in [-0.4, -0.2) is 34.3 Å². The molecule has 1 saturated heterocycles. The molecule has 30 heavy (non-hydrogen) atoms. The van der Waals surface area contributed by atoms with E-state index in [9.17, 15) is 9.90 Å². The highest BCUT2D eigenvalue weighted by Gasteiger charge is 2.40. The van der Waals surface area contributed by atoms with Gasteiger partial charge in [0, 0.05) is 21.7 Å². The number of hydrogen-bond acceptors (Lipinski definition) is 4. The molecule has 1 fully saturated rings. The van der Waals surface area contributed by atoms with Crippen LogP contribution in [0, 0.1) is 0 Å². The van der Waals surface area contributed by atoms with Crippen LogP contribution in [0.15, 0.2) is 66.7 Å². The Kier molecular flexibility index (Phi) is 4.55. The molecule has 6 nitrogen and oxygen atoms in total. The summed E-state index contributed by atoms with van der Waals surface area (Å²) in [5.41, 5.74) is 4.15. The van der Waals surface area contributed by atoms with Crippen molar-refractivity contribution in [3.8, 4) is 11.4 Å². The van der Waals surface area contributed by atoms with Gasteiger partial charge in [0.2, 0.25) is 5.79 Å². The quantitative estimate of drug-likeness (QED) is 0.494. The monoisotopic (exact) mass is 420 g/mol. The van der Waals surface area contributed by atoms with Gasteiger partial charge in [0.25, 0.3) is 0 Å². The summed E-state index contributed by atoms with van der Waals surface area (Å²) in [7, 11) is 0. The predicted molar refractivity (Wildman–Crippen MR) is 113 cm³/mol. The third kappa shape index (κ3) is 3.15. The molecule has 0 bridgehead atoms. The molecule has 1 aromatic heterocycles. The standard InChI is InChI=1S/C23H17ClN2O4/c24-18-3-1-2-17(13-18)23(29-10-11-30-23)16-7-4-14(5-8-16)21-25-19-9-6-15(22(27)28)12-20(19)26-21/h1-9,12-13H,10-11H2,(H,25,26)(H,27,28).